The van der Waals surface area contributed by atoms with Gasteiger partial charge in [-0.05, 0) is 63.3 Å². The fourth-order valence-electron chi connectivity index (χ4n) is 3.57. The molecule has 0 aromatic heterocycles. The van der Waals surface area contributed by atoms with E-state index in [0.717, 1.165) is 42.7 Å². The summed E-state index contributed by atoms with van der Waals surface area (Å²) in [6.07, 6.45) is 3.06. The van der Waals surface area contributed by atoms with Crippen LogP contribution in [-0.4, -0.2) is 28.9 Å². The normalized spacial score (nSPS) is 18.0. The molecule has 0 saturated carbocycles. The van der Waals surface area contributed by atoms with Gasteiger partial charge in [-0.3, -0.25) is 4.79 Å². The molecule has 0 radical (unpaired) electrons. The first-order chi connectivity index (χ1) is 13.4. The Labute approximate surface area is 168 Å². The van der Waals surface area contributed by atoms with Gasteiger partial charge in [0.1, 0.15) is 12.4 Å². The van der Waals surface area contributed by atoms with Gasteiger partial charge in [-0.1, -0.05) is 42.5 Å². The molecule has 2 aromatic rings. The van der Waals surface area contributed by atoms with Crippen LogP contribution in [0.3, 0.4) is 0 Å². The van der Waals surface area contributed by atoms with Crippen molar-refractivity contribution in [2.24, 2.45) is 0 Å². The highest BCUT2D eigenvalue weighted by atomic mass is 16.5. The molecule has 1 N–H and O–H groups in total. The maximum atomic E-state index is 13.0. The summed E-state index contributed by atoms with van der Waals surface area (Å²) in [5, 5.41) is 3.49. The number of nitrogens with zero attached hydrogens (tertiary/aromatic N) is 1. The summed E-state index contributed by atoms with van der Waals surface area (Å²) in [5.74, 6) is 1.07. The summed E-state index contributed by atoms with van der Waals surface area (Å²) in [7, 11) is 0. The van der Waals surface area contributed by atoms with Crippen LogP contribution in [0.4, 0.5) is 0 Å². The summed E-state index contributed by atoms with van der Waals surface area (Å²) in [4.78, 5) is 15.0. The number of carbonyl (C=O) groups excluding carboxylic acids is 1. The van der Waals surface area contributed by atoms with Gasteiger partial charge in [-0.2, -0.15) is 0 Å². The summed E-state index contributed by atoms with van der Waals surface area (Å²) in [6, 6.07) is 18.2. The molecule has 1 heterocycles. The Kier molecular flexibility index (Phi) is 6.74. The highest BCUT2D eigenvalue weighted by molar-refractivity contribution is 5.82. The SMILES string of the molecule is CC(C)(C)N[C@@H]1CCCCN(Cc2ccc(OCc3ccccc3)cc2)C1=O. The van der Waals surface area contributed by atoms with Gasteiger partial charge in [0.25, 0.3) is 0 Å². The van der Waals surface area contributed by atoms with Gasteiger partial charge in [-0.15, -0.1) is 0 Å². The van der Waals surface area contributed by atoms with Crippen molar-refractivity contribution in [1.82, 2.24) is 10.2 Å². The third kappa shape index (κ3) is 6.10. The number of hydrogen-bond acceptors (Lipinski definition) is 3. The van der Waals surface area contributed by atoms with Gasteiger partial charge in [0, 0.05) is 18.6 Å². The minimum absolute atomic E-state index is 0.0614. The van der Waals surface area contributed by atoms with Crippen LogP contribution in [0.25, 0.3) is 0 Å². The van der Waals surface area contributed by atoms with Crippen molar-refractivity contribution >= 4 is 5.91 Å². The van der Waals surface area contributed by atoms with Crippen molar-refractivity contribution < 1.29 is 9.53 Å². The zero-order valence-electron chi connectivity index (χ0n) is 17.3. The summed E-state index contributed by atoms with van der Waals surface area (Å²) >= 11 is 0. The van der Waals surface area contributed by atoms with Gasteiger partial charge >= 0.3 is 0 Å². The highest BCUT2D eigenvalue weighted by Crippen LogP contribution is 2.19. The number of rotatable bonds is 6. The number of carbonyl (C=O) groups is 1. The molecule has 0 unspecified atom stereocenters. The predicted octanol–water partition coefficient (Wildman–Crippen LogP) is 4.53. The first kappa shape index (κ1) is 20.4. The molecule has 28 heavy (non-hydrogen) atoms. The second kappa shape index (κ2) is 9.24. The number of likely N-dealkylation sites (tertiary alicyclic amines) is 1. The number of amides is 1. The van der Waals surface area contributed by atoms with E-state index in [0.29, 0.717) is 13.2 Å². The molecule has 0 bridgehead atoms. The molecule has 1 fully saturated rings. The number of benzene rings is 2. The number of nitrogens with one attached hydrogen (secondary N) is 1. The molecule has 150 valence electrons. The Balaban J connectivity index is 1.58. The van der Waals surface area contributed by atoms with Crippen LogP contribution < -0.4 is 10.1 Å². The molecule has 1 aliphatic rings. The molecular weight excluding hydrogens is 348 g/mol. The van der Waals surface area contributed by atoms with E-state index in [1.54, 1.807) is 0 Å². The van der Waals surface area contributed by atoms with Gasteiger partial charge in [-0.25, -0.2) is 0 Å². The van der Waals surface area contributed by atoms with Gasteiger partial charge < -0.3 is 15.0 Å². The van der Waals surface area contributed by atoms with Crippen molar-refractivity contribution in [3.63, 3.8) is 0 Å². The topological polar surface area (TPSA) is 41.6 Å². The number of hydrogen-bond donors (Lipinski definition) is 1. The Hall–Kier alpha value is -2.33. The lowest BCUT2D eigenvalue weighted by molar-refractivity contribution is -0.134. The fourth-order valence-corrected chi connectivity index (χ4v) is 3.57. The minimum atomic E-state index is -0.0871. The highest BCUT2D eigenvalue weighted by Gasteiger charge is 2.29. The molecule has 1 saturated heterocycles. The zero-order valence-corrected chi connectivity index (χ0v) is 17.3. The van der Waals surface area contributed by atoms with Crippen molar-refractivity contribution in [3.8, 4) is 5.75 Å². The standard InChI is InChI=1S/C24H32N2O2/c1-24(2,3)25-22-11-7-8-16-26(23(22)27)17-19-12-14-21(15-13-19)28-18-20-9-5-4-6-10-20/h4-6,9-10,12-15,22,25H,7-8,11,16-18H2,1-3H3/t22-/m1/s1. The summed E-state index contributed by atoms with van der Waals surface area (Å²) in [6.45, 7) is 8.38. The molecule has 1 aliphatic heterocycles. The van der Waals surface area contributed by atoms with E-state index in [2.05, 4.69) is 50.4 Å². The van der Waals surface area contributed by atoms with E-state index in [-0.39, 0.29) is 17.5 Å². The summed E-state index contributed by atoms with van der Waals surface area (Å²) in [5.41, 5.74) is 2.23. The lowest BCUT2D eigenvalue weighted by Crippen LogP contribution is -2.51. The van der Waals surface area contributed by atoms with Crippen molar-refractivity contribution in [2.45, 2.75) is 64.8 Å². The van der Waals surface area contributed by atoms with Crippen LogP contribution >= 0.6 is 0 Å². The van der Waals surface area contributed by atoms with Crippen molar-refractivity contribution in [3.05, 3.63) is 65.7 Å². The molecule has 3 rings (SSSR count). The van der Waals surface area contributed by atoms with Crippen LogP contribution in [0.2, 0.25) is 0 Å². The third-order valence-electron chi connectivity index (χ3n) is 4.93. The van der Waals surface area contributed by atoms with E-state index in [4.69, 9.17) is 4.74 Å². The van der Waals surface area contributed by atoms with Gasteiger partial charge in [0.15, 0.2) is 0 Å². The van der Waals surface area contributed by atoms with Crippen molar-refractivity contribution in [1.29, 1.82) is 0 Å². The minimum Gasteiger partial charge on any atom is -0.489 e. The largest absolute Gasteiger partial charge is 0.489 e. The second-order valence-electron chi connectivity index (χ2n) is 8.62. The molecule has 1 atom stereocenters. The Morgan fingerprint density at radius 3 is 2.39 bits per heavy atom. The first-order valence-corrected chi connectivity index (χ1v) is 10.2. The number of ether oxygens (including phenoxy) is 1. The Bertz CT molecular complexity index is 750. The monoisotopic (exact) mass is 380 g/mol. The van der Waals surface area contributed by atoms with Crippen LogP contribution in [0.1, 0.15) is 51.2 Å². The molecular formula is C24H32N2O2. The second-order valence-corrected chi connectivity index (χ2v) is 8.62. The first-order valence-electron chi connectivity index (χ1n) is 10.2. The van der Waals surface area contributed by atoms with Crippen molar-refractivity contribution in [2.75, 3.05) is 6.54 Å². The fraction of sp³-hybridized carbons (Fsp3) is 0.458. The molecule has 4 heteroatoms. The smallest absolute Gasteiger partial charge is 0.240 e. The van der Waals surface area contributed by atoms with Gasteiger partial charge in [0.2, 0.25) is 5.91 Å². The van der Waals surface area contributed by atoms with E-state index in [9.17, 15) is 4.79 Å². The third-order valence-corrected chi connectivity index (χ3v) is 4.93. The average Bonchev–Trinajstić information content (AvgIpc) is 2.83. The molecule has 1 amide bonds. The molecule has 2 aromatic carbocycles. The zero-order chi connectivity index (χ0) is 20.0. The van der Waals surface area contributed by atoms with Crippen LogP contribution in [-0.2, 0) is 17.9 Å². The molecule has 0 aliphatic carbocycles. The van der Waals surface area contributed by atoms with E-state index in [1.165, 1.54) is 0 Å². The van der Waals surface area contributed by atoms with Crippen LogP contribution in [0, 0.1) is 0 Å². The average molecular weight is 381 g/mol. The predicted molar refractivity (Wildman–Crippen MR) is 113 cm³/mol. The molecule has 4 nitrogen and oxygen atoms in total. The van der Waals surface area contributed by atoms with Crippen LogP contribution in [0.5, 0.6) is 5.75 Å². The lowest BCUT2D eigenvalue weighted by Gasteiger charge is -2.30. The summed E-state index contributed by atoms with van der Waals surface area (Å²) < 4.78 is 5.86. The van der Waals surface area contributed by atoms with Crippen LogP contribution in [0.15, 0.2) is 54.6 Å². The lowest BCUT2D eigenvalue weighted by atomic mass is 10.0. The van der Waals surface area contributed by atoms with E-state index < -0.39 is 0 Å². The maximum Gasteiger partial charge on any atom is 0.240 e. The maximum absolute atomic E-state index is 13.0. The Morgan fingerprint density at radius 1 is 1.00 bits per heavy atom. The van der Waals surface area contributed by atoms with E-state index >= 15 is 0 Å². The van der Waals surface area contributed by atoms with Gasteiger partial charge in [0.05, 0.1) is 6.04 Å². The quantitative estimate of drug-likeness (QED) is 0.800. The van der Waals surface area contributed by atoms with E-state index in [1.807, 2.05) is 35.2 Å². The molecule has 0 spiro atoms. The Morgan fingerprint density at radius 2 is 1.71 bits per heavy atom.